The number of rotatable bonds is 3. The van der Waals surface area contributed by atoms with Crippen LogP contribution in [0.15, 0.2) is 36.4 Å². The van der Waals surface area contributed by atoms with Crippen LogP contribution in [0.25, 0.3) is 0 Å². The Balaban J connectivity index is 1.65. The minimum absolute atomic E-state index is 0.00921. The molecule has 1 aliphatic rings. The van der Waals surface area contributed by atoms with Gasteiger partial charge in [0.25, 0.3) is 5.91 Å². The number of nitrogens with one attached hydrogen (secondary N) is 3. The second kappa shape index (κ2) is 5.42. The van der Waals surface area contributed by atoms with Crippen LogP contribution in [0.2, 0.25) is 0 Å². The van der Waals surface area contributed by atoms with Crippen LogP contribution >= 0.6 is 11.3 Å². The molecular weight excluding hydrogens is 258 g/mol. The summed E-state index contributed by atoms with van der Waals surface area (Å²) < 4.78 is 0. The van der Waals surface area contributed by atoms with E-state index in [-0.39, 0.29) is 5.91 Å². The monoisotopic (exact) mass is 273 g/mol. The van der Waals surface area contributed by atoms with Crippen molar-refractivity contribution in [2.24, 2.45) is 0 Å². The first-order valence-corrected chi connectivity index (χ1v) is 7.04. The summed E-state index contributed by atoms with van der Waals surface area (Å²) in [6.45, 7) is 2.15. The molecule has 0 saturated carbocycles. The second-order valence-electron chi connectivity index (χ2n) is 4.41. The number of thiophene rings is 1. The zero-order valence-electron chi connectivity index (χ0n) is 10.4. The fourth-order valence-electron chi connectivity index (χ4n) is 2.03. The van der Waals surface area contributed by atoms with E-state index in [0.29, 0.717) is 6.54 Å². The molecule has 3 N–H and O–H groups in total. The summed E-state index contributed by atoms with van der Waals surface area (Å²) in [4.78, 5) is 12.8. The minimum atomic E-state index is -0.00921. The van der Waals surface area contributed by atoms with Gasteiger partial charge in [-0.05, 0) is 11.6 Å². The Morgan fingerprint density at radius 3 is 2.95 bits per heavy atom. The molecule has 1 amide bonds. The topological polar surface area (TPSA) is 53.2 Å². The van der Waals surface area contributed by atoms with Crippen molar-refractivity contribution in [2.75, 3.05) is 12.0 Å². The highest BCUT2D eigenvalue weighted by atomic mass is 32.1. The van der Waals surface area contributed by atoms with Gasteiger partial charge in [0.2, 0.25) is 0 Å². The number of benzene rings is 1. The van der Waals surface area contributed by atoms with Crippen molar-refractivity contribution in [3.63, 3.8) is 0 Å². The lowest BCUT2D eigenvalue weighted by atomic mass is 10.2. The summed E-state index contributed by atoms with van der Waals surface area (Å²) in [7, 11) is 0. The van der Waals surface area contributed by atoms with Crippen molar-refractivity contribution >= 4 is 22.2 Å². The molecule has 5 heteroatoms. The average Bonchev–Trinajstić information content (AvgIpc) is 2.90. The van der Waals surface area contributed by atoms with Gasteiger partial charge in [0, 0.05) is 18.7 Å². The van der Waals surface area contributed by atoms with Gasteiger partial charge in [-0.15, -0.1) is 11.3 Å². The number of hydrogen-bond donors (Lipinski definition) is 3. The van der Waals surface area contributed by atoms with E-state index < -0.39 is 0 Å². The zero-order valence-corrected chi connectivity index (χ0v) is 11.2. The van der Waals surface area contributed by atoms with Crippen molar-refractivity contribution in [2.45, 2.75) is 13.1 Å². The van der Waals surface area contributed by atoms with E-state index in [1.165, 1.54) is 16.9 Å². The van der Waals surface area contributed by atoms with Crippen LogP contribution in [0, 0.1) is 0 Å². The molecule has 0 radical (unpaired) electrons. The molecule has 98 valence electrons. The molecular formula is C14H15N3OS. The standard InChI is InChI=1S/C14H15N3OS/c18-13(16-7-10-4-2-1-3-5-10)12-6-11-8-15-9-17-14(11)19-12/h1-6,15,17H,7-9H2,(H,16,18). The van der Waals surface area contributed by atoms with Gasteiger partial charge in [0.1, 0.15) is 0 Å². The van der Waals surface area contributed by atoms with Gasteiger partial charge >= 0.3 is 0 Å². The van der Waals surface area contributed by atoms with Crippen molar-refractivity contribution < 1.29 is 4.79 Å². The third-order valence-corrected chi connectivity index (χ3v) is 4.15. The summed E-state index contributed by atoms with van der Waals surface area (Å²) >= 11 is 1.52. The van der Waals surface area contributed by atoms with Gasteiger partial charge in [0.05, 0.1) is 16.5 Å². The lowest BCUT2D eigenvalue weighted by molar-refractivity contribution is 0.0955. The van der Waals surface area contributed by atoms with Gasteiger partial charge in [-0.25, -0.2) is 0 Å². The Kier molecular flexibility index (Phi) is 3.48. The first kappa shape index (κ1) is 12.2. The Morgan fingerprint density at radius 2 is 2.16 bits per heavy atom. The number of carbonyl (C=O) groups is 1. The third-order valence-electron chi connectivity index (χ3n) is 3.02. The van der Waals surface area contributed by atoms with E-state index in [1.807, 2.05) is 36.4 Å². The molecule has 4 nitrogen and oxygen atoms in total. The highest BCUT2D eigenvalue weighted by Crippen LogP contribution is 2.29. The maximum atomic E-state index is 12.1. The number of fused-ring (bicyclic) bond motifs is 1. The molecule has 2 heterocycles. The smallest absolute Gasteiger partial charge is 0.261 e. The molecule has 19 heavy (non-hydrogen) atoms. The van der Waals surface area contributed by atoms with E-state index in [4.69, 9.17) is 0 Å². The van der Waals surface area contributed by atoms with E-state index in [1.54, 1.807) is 0 Å². The molecule has 0 unspecified atom stereocenters. The molecule has 0 saturated heterocycles. The SMILES string of the molecule is O=C(NCc1ccccc1)c1cc2c(s1)NCNC2. The van der Waals surface area contributed by atoms with Crippen LogP contribution in [0.5, 0.6) is 0 Å². The summed E-state index contributed by atoms with van der Waals surface area (Å²) in [6.07, 6.45) is 0. The minimum Gasteiger partial charge on any atom is -0.364 e. The molecule has 2 aromatic rings. The van der Waals surface area contributed by atoms with Crippen LogP contribution in [0.1, 0.15) is 20.8 Å². The number of amides is 1. The molecule has 1 aromatic carbocycles. The molecule has 0 atom stereocenters. The van der Waals surface area contributed by atoms with Gasteiger partial charge in [-0.3, -0.25) is 10.1 Å². The number of carbonyl (C=O) groups excluding carboxylic acids is 1. The van der Waals surface area contributed by atoms with Gasteiger partial charge in [-0.2, -0.15) is 0 Å². The zero-order chi connectivity index (χ0) is 13.1. The van der Waals surface area contributed by atoms with Crippen molar-refractivity contribution in [3.05, 3.63) is 52.4 Å². The maximum absolute atomic E-state index is 12.1. The lowest BCUT2D eigenvalue weighted by Gasteiger charge is -2.13. The normalized spacial score (nSPS) is 13.5. The summed E-state index contributed by atoms with van der Waals surface area (Å²) in [5, 5.41) is 10.5. The predicted molar refractivity (Wildman–Crippen MR) is 77.3 cm³/mol. The van der Waals surface area contributed by atoms with Crippen molar-refractivity contribution in [1.29, 1.82) is 0 Å². The Hall–Kier alpha value is -1.85. The number of hydrogen-bond acceptors (Lipinski definition) is 4. The van der Waals surface area contributed by atoms with Crippen LogP contribution in [-0.4, -0.2) is 12.6 Å². The van der Waals surface area contributed by atoms with E-state index in [0.717, 1.165) is 28.7 Å². The molecule has 1 aliphatic heterocycles. The maximum Gasteiger partial charge on any atom is 0.261 e. The van der Waals surface area contributed by atoms with Gasteiger partial charge in [0.15, 0.2) is 0 Å². The van der Waals surface area contributed by atoms with Crippen LogP contribution < -0.4 is 16.0 Å². The van der Waals surface area contributed by atoms with Crippen LogP contribution in [-0.2, 0) is 13.1 Å². The molecule has 0 fully saturated rings. The molecule has 3 rings (SSSR count). The largest absolute Gasteiger partial charge is 0.364 e. The van der Waals surface area contributed by atoms with Gasteiger partial charge in [-0.1, -0.05) is 30.3 Å². The van der Waals surface area contributed by atoms with Crippen LogP contribution in [0.4, 0.5) is 5.00 Å². The molecule has 0 bridgehead atoms. The van der Waals surface area contributed by atoms with Crippen LogP contribution in [0.3, 0.4) is 0 Å². The average molecular weight is 273 g/mol. The summed E-state index contributed by atoms with van der Waals surface area (Å²) in [5.41, 5.74) is 2.28. The highest BCUT2D eigenvalue weighted by Gasteiger charge is 2.16. The number of anilines is 1. The summed E-state index contributed by atoms with van der Waals surface area (Å²) in [6, 6.07) is 11.9. The Morgan fingerprint density at radius 1 is 1.32 bits per heavy atom. The fourth-order valence-corrected chi connectivity index (χ4v) is 3.02. The Labute approximate surface area is 115 Å². The molecule has 0 aliphatic carbocycles. The Bertz CT molecular complexity index is 556. The lowest BCUT2D eigenvalue weighted by Crippen LogP contribution is -2.26. The second-order valence-corrected chi connectivity index (χ2v) is 5.47. The molecule has 1 aromatic heterocycles. The quantitative estimate of drug-likeness (QED) is 0.803. The molecule has 0 spiro atoms. The predicted octanol–water partition coefficient (Wildman–Crippen LogP) is 2.15. The van der Waals surface area contributed by atoms with Crippen molar-refractivity contribution in [3.8, 4) is 0 Å². The fraction of sp³-hybridized carbons (Fsp3) is 0.214. The summed E-state index contributed by atoms with van der Waals surface area (Å²) in [5.74, 6) is -0.00921. The van der Waals surface area contributed by atoms with Crippen molar-refractivity contribution in [1.82, 2.24) is 10.6 Å². The van der Waals surface area contributed by atoms with Gasteiger partial charge < -0.3 is 10.6 Å². The van der Waals surface area contributed by atoms with E-state index in [9.17, 15) is 4.79 Å². The first-order valence-electron chi connectivity index (χ1n) is 6.22. The van der Waals surface area contributed by atoms with E-state index >= 15 is 0 Å². The first-order chi connectivity index (χ1) is 9.33. The van der Waals surface area contributed by atoms with E-state index in [2.05, 4.69) is 16.0 Å². The highest BCUT2D eigenvalue weighted by molar-refractivity contribution is 7.18. The third kappa shape index (κ3) is 2.77.